The normalized spacial score (nSPS) is 11.0. The van der Waals surface area contributed by atoms with Crippen molar-refractivity contribution in [3.8, 4) is 23.3 Å². The van der Waals surface area contributed by atoms with E-state index in [0.29, 0.717) is 60.8 Å². The maximum Gasteiger partial charge on any atom is 0.266 e. The van der Waals surface area contributed by atoms with Crippen molar-refractivity contribution in [2.75, 3.05) is 11.9 Å². The van der Waals surface area contributed by atoms with Crippen molar-refractivity contribution < 1.29 is 19.0 Å². The monoisotopic (exact) mass is 674 g/mol. The van der Waals surface area contributed by atoms with Crippen LogP contribution in [0.15, 0.2) is 78.4 Å². The van der Waals surface area contributed by atoms with Crippen molar-refractivity contribution >= 4 is 75.7 Å². The first-order valence-electron chi connectivity index (χ1n) is 12.8. The molecule has 0 aromatic heterocycles. The van der Waals surface area contributed by atoms with Gasteiger partial charge in [0.25, 0.3) is 5.91 Å². The van der Waals surface area contributed by atoms with Crippen molar-refractivity contribution in [3.05, 3.63) is 120 Å². The lowest BCUT2D eigenvalue weighted by Gasteiger charge is -2.15. The van der Waals surface area contributed by atoms with Gasteiger partial charge in [0.2, 0.25) is 0 Å². The van der Waals surface area contributed by atoms with Gasteiger partial charge in [0.1, 0.15) is 30.6 Å². The topological polar surface area (TPSA) is 80.6 Å². The second-order valence-corrected chi connectivity index (χ2v) is 11.1. The fraction of sp³-hybridized carbons (Fsp3) is 0.125. The molecule has 0 spiro atoms. The average Bonchev–Trinajstić information content (AvgIpc) is 2.97. The van der Waals surface area contributed by atoms with Crippen LogP contribution < -0.4 is 19.5 Å². The van der Waals surface area contributed by atoms with Gasteiger partial charge in [-0.2, -0.15) is 5.26 Å². The highest BCUT2D eigenvalue weighted by atomic mass is 35.5. The van der Waals surface area contributed by atoms with Gasteiger partial charge in [0, 0.05) is 36.9 Å². The lowest BCUT2D eigenvalue weighted by Crippen LogP contribution is -2.13. The maximum absolute atomic E-state index is 12.9. The zero-order chi connectivity index (χ0) is 30.9. The number of benzene rings is 4. The molecule has 4 rings (SSSR count). The van der Waals surface area contributed by atoms with E-state index in [1.807, 2.05) is 13.0 Å². The highest BCUT2D eigenvalue weighted by Gasteiger charge is 2.16. The molecule has 6 nitrogen and oxygen atoms in total. The number of ether oxygens (including phenoxy) is 3. The molecule has 11 heteroatoms. The van der Waals surface area contributed by atoms with E-state index in [2.05, 4.69) is 5.32 Å². The Morgan fingerprint density at radius 1 is 0.791 bits per heavy atom. The van der Waals surface area contributed by atoms with Gasteiger partial charge >= 0.3 is 0 Å². The number of rotatable bonds is 11. The molecule has 0 saturated carbocycles. The van der Waals surface area contributed by atoms with Crippen LogP contribution in [0.1, 0.15) is 23.6 Å². The first kappa shape index (κ1) is 32.3. The van der Waals surface area contributed by atoms with Gasteiger partial charge in [0.05, 0.1) is 11.6 Å². The molecule has 1 amide bonds. The summed E-state index contributed by atoms with van der Waals surface area (Å²) in [6, 6.07) is 22.1. The minimum absolute atomic E-state index is 0.121. The molecule has 0 unspecified atom stereocenters. The van der Waals surface area contributed by atoms with Gasteiger partial charge in [0.15, 0.2) is 11.5 Å². The summed E-state index contributed by atoms with van der Waals surface area (Å²) >= 11 is 30.9. The lowest BCUT2D eigenvalue weighted by molar-refractivity contribution is -0.112. The Labute approximate surface area is 274 Å². The number of nitrogens with one attached hydrogen (secondary N) is 1. The molecule has 0 bridgehead atoms. The van der Waals surface area contributed by atoms with Crippen LogP contribution in [-0.2, 0) is 18.0 Å². The van der Waals surface area contributed by atoms with Gasteiger partial charge in [-0.05, 0) is 79.2 Å². The fourth-order valence-electron chi connectivity index (χ4n) is 3.81. The van der Waals surface area contributed by atoms with E-state index in [1.165, 1.54) is 6.08 Å². The van der Waals surface area contributed by atoms with Gasteiger partial charge in [-0.3, -0.25) is 4.79 Å². The molecule has 4 aromatic carbocycles. The molecule has 0 aliphatic carbocycles. The zero-order valence-corrected chi connectivity index (χ0v) is 26.4. The molecule has 0 aliphatic heterocycles. The first-order chi connectivity index (χ1) is 20.7. The smallest absolute Gasteiger partial charge is 0.266 e. The Bertz CT molecular complexity index is 1700. The molecule has 0 aliphatic rings. The fourth-order valence-corrected chi connectivity index (χ4v) is 5.01. The van der Waals surface area contributed by atoms with E-state index >= 15 is 0 Å². The number of nitriles is 1. The lowest BCUT2D eigenvalue weighted by atomic mass is 10.1. The molecule has 0 saturated heterocycles. The maximum atomic E-state index is 12.9. The Morgan fingerprint density at radius 2 is 1.40 bits per heavy atom. The van der Waals surface area contributed by atoms with E-state index in [4.69, 9.17) is 72.2 Å². The molecule has 1 N–H and O–H groups in total. The third-order valence-corrected chi connectivity index (χ3v) is 7.37. The van der Waals surface area contributed by atoms with Gasteiger partial charge in [-0.25, -0.2) is 0 Å². The largest absolute Gasteiger partial charge is 0.490 e. The minimum Gasteiger partial charge on any atom is -0.490 e. The van der Waals surface area contributed by atoms with Crippen molar-refractivity contribution in [3.63, 3.8) is 0 Å². The van der Waals surface area contributed by atoms with Crippen molar-refractivity contribution in [2.24, 2.45) is 0 Å². The summed E-state index contributed by atoms with van der Waals surface area (Å²) in [5.41, 5.74) is 2.30. The highest BCUT2D eigenvalue weighted by molar-refractivity contribution is 6.35. The number of amides is 1. The van der Waals surface area contributed by atoms with Crippen LogP contribution in [0.2, 0.25) is 25.1 Å². The third kappa shape index (κ3) is 8.96. The van der Waals surface area contributed by atoms with Crippen LogP contribution in [0.5, 0.6) is 17.2 Å². The number of halogens is 5. The van der Waals surface area contributed by atoms with Crippen molar-refractivity contribution in [2.45, 2.75) is 20.1 Å². The van der Waals surface area contributed by atoms with Gasteiger partial charge in [-0.1, -0.05) is 70.1 Å². The average molecular weight is 677 g/mol. The second-order valence-electron chi connectivity index (χ2n) is 8.96. The zero-order valence-electron chi connectivity index (χ0n) is 22.6. The molecule has 0 fully saturated rings. The van der Waals surface area contributed by atoms with Crippen molar-refractivity contribution in [1.29, 1.82) is 5.26 Å². The van der Waals surface area contributed by atoms with E-state index in [0.717, 1.165) is 5.56 Å². The first-order valence-corrected chi connectivity index (χ1v) is 14.7. The summed E-state index contributed by atoms with van der Waals surface area (Å²) in [6.07, 6.45) is 1.41. The Morgan fingerprint density at radius 3 is 1.95 bits per heavy atom. The van der Waals surface area contributed by atoms with E-state index < -0.39 is 5.91 Å². The molecule has 0 heterocycles. The van der Waals surface area contributed by atoms with Crippen molar-refractivity contribution in [1.82, 2.24) is 0 Å². The van der Waals surface area contributed by atoms with Crippen LogP contribution in [-0.4, -0.2) is 12.5 Å². The number of hydrogen-bond acceptors (Lipinski definition) is 5. The number of hydrogen-bond donors (Lipinski definition) is 1. The van der Waals surface area contributed by atoms with E-state index in [1.54, 1.807) is 72.8 Å². The van der Waals surface area contributed by atoms with Crippen LogP contribution in [0.4, 0.5) is 5.69 Å². The molecular formula is C32H23Cl5N2O4. The van der Waals surface area contributed by atoms with E-state index in [-0.39, 0.29) is 23.8 Å². The summed E-state index contributed by atoms with van der Waals surface area (Å²) < 4.78 is 17.4. The van der Waals surface area contributed by atoms with Gasteiger partial charge in [-0.15, -0.1) is 0 Å². The molecule has 0 atom stereocenters. The quantitative estimate of drug-likeness (QED) is 0.126. The van der Waals surface area contributed by atoms with Crippen LogP contribution in [0.25, 0.3) is 6.08 Å². The predicted molar refractivity (Wildman–Crippen MR) is 173 cm³/mol. The highest BCUT2D eigenvalue weighted by Crippen LogP contribution is 2.38. The summed E-state index contributed by atoms with van der Waals surface area (Å²) in [7, 11) is 0. The molecule has 0 radical (unpaired) electrons. The van der Waals surface area contributed by atoms with Crippen LogP contribution in [0, 0.1) is 11.3 Å². The summed E-state index contributed by atoms with van der Waals surface area (Å²) in [4.78, 5) is 12.9. The minimum atomic E-state index is -0.601. The number of carbonyl (C=O) groups is 1. The number of carbonyl (C=O) groups excluding carboxylic acids is 1. The van der Waals surface area contributed by atoms with Crippen LogP contribution in [0.3, 0.4) is 0 Å². The Kier molecular flexibility index (Phi) is 11.5. The molecule has 220 valence electrons. The standard InChI is InChI=1S/C32H23Cl5N2O4/c1-2-41-30-13-19(12-29(37)31(30)43-18-21-4-6-24(34)15-28(21)36)11-22(16-38)32(40)39-25-7-9-26(10-8-25)42-17-20-3-5-23(33)14-27(20)35/h3-15H,2,17-18H2,1H3,(H,39,40)/b22-11+. The Balaban J connectivity index is 1.44. The molecular weight excluding hydrogens is 654 g/mol. The predicted octanol–water partition coefficient (Wildman–Crippen LogP) is 10.1. The molecule has 4 aromatic rings. The Hall–Kier alpha value is -3.57. The summed E-state index contributed by atoms with van der Waals surface area (Å²) in [6.45, 7) is 2.51. The molecule has 43 heavy (non-hydrogen) atoms. The summed E-state index contributed by atoms with van der Waals surface area (Å²) in [5.74, 6) is 0.615. The van der Waals surface area contributed by atoms with Crippen LogP contribution >= 0.6 is 58.0 Å². The third-order valence-electron chi connectivity index (χ3n) is 5.92. The van der Waals surface area contributed by atoms with Gasteiger partial charge < -0.3 is 19.5 Å². The second kappa shape index (κ2) is 15.2. The SMILES string of the molecule is CCOc1cc(/C=C(\C#N)C(=O)Nc2ccc(OCc3ccc(Cl)cc3Cl)cc2)cc(Cl)c1OCc1ccc(Cl)cc1Cl. The summed E-state index contributed by atoms with van der Waals surface area (Å²) in [5, 5.41) is 14.7. The number of anilines is 1. The van der Waals surface area contributed by atoms with E-state index in [9.17, 15) is 10.1 Å². The number of nitrogens with zero attached hydrogens (tertiary/aromatic N) is 1.